The molecule has 1 fully saturated rings. The summed E-state index contributed by atoms with van der Waals surface area (Å²) in [5, 5.41) is 20.3. The van der Waals surface area contributed by atoms with Gasteiger partial charge < -0.3 is 10.0 Å². The number of non-ortho nitro benzene ring substituents is 1. The highest BCUT2D eigenvalue weighted by molar-refractivity contribution is 5.49. The Labute approximate surface area is 141 Å². The fourth-order valence-electron chi connectivity index (χ4n) is 3.14. The molecule has 24 heavy (non-hydrogen) atoms. The molecular weight excluding hydrogens is 306 g/mol. The van der Waals surface area contributed by atoms with Gasteiger partial charge in [-0.15, -0.1) is 0 Å². The Kier molecular flexibility index (Phi) is 4.66. The maximum atomic E-state index is 10.9. The van der Waals surface area contributed by atoms with E-state index in [1.807, 2.05) is 18.2 Å². The van der Waals surface area contributed by atoms with Gasteiger partial charge in [0.1, 0.15) is 5.75 Å². The van der Waals surface area contributed by atoms with Crippen LogP contribution in [0.25, 0.3) is 0 Å². The first-order valence-corrected chi connectivity index (χ1v) is 8.07. The lowest BCUT2D eigenvalue weighted by atomic mass is 10.1. The summed E-state index contributed by atoms with van der Waals surface area (Å²) in [6, 6.07) is 14.3. The van der Waals surface area contributed by atoms with Crippen molar-refractivity contribution in [3.05, 3.63) is 64.2 Å². The summed E-state index contributed by atoms with van der Waals surface area (Å²) < 4.78 is 0. The Morgan fingerprint density at radius 2 is 1.75 bits per heavy atom. The van der Waals surface area contributed by atoms with Crippen molar-refractivity contribution < 1.29 is 10.0 Å². The first-order valence-electron chi connectivity index (χ1n) is 8.07. The zero-order chi connectivity index (χ0) is 17.1. The van der Waals surface area contributed by atoms with E-state index in [2.05, 4.69) is 16.7 Å². The van der Waals surface area contributed by atoms with Crippen molar-refractivity contribution in [1.29, 1.82) is 0 Å². The molecule has 0 aliphatic carbocycles. The first-order chi connectivity index (χ1) is 11.5. The number of piperazine rings is 1. The molecule has 2 aromatic carbocycles. The van der Waals surface area contributed by atoms with Gasteiger partial charge in [-0.25, -0.2) is 0 Å². The highest BCUT2D eigenvalue weighted by atomic mass is 16.6. The van der Waals surface area contributed by atoms with Gasteiger partial charge in [-0.05, 0) is 36.8 Å². The molecule has 1 aliphatic heterocycles. The maximum Gasteiger partial charge on any atom is 0.269 e. The van der Waals surface area contributed by atoms with Crippen molar-refractivity contribution in [2.24, 2.45) is 0 Å². The largest absolute Gasteiger partial charge is 0.508 e. The lowest BCUT2D eigenvalue weighted by Gasteiger charge is -2.39. The molecule has 0 bridgehead atoms. The van der Waals surface area contributed by atoms with Crippen LogP contribution in [0.2, 0.25) is 0 Å². The van der Waals surface area contributed by atoms with E-state index in [0.717, 1.165) is 37.4 Å². The third-order valence-corrected chi connectivity index (χ3v) is 4.64. The van der Waals surface area contributed by atoms with Gasteiger partial charge in [-0.2, -0.15) is 0 Å². The van der Waals surface area contributed by atoms with Crippen LogP contribution in [0.3, 0.4) is 0 Å². The van der Waals surface area contributed by atoms with E-state index in [9.17, 15) is 15.2 Å². The molecule has 0 saturated carbocycles. The molecule has 1 N–H and O–H groups in total. The summed E-state index contributed by atoms with van der Waals surface area (Å²) in [6.07, 6.45) is 0. The average Bonchev–Trinajstić information content (AvgIpc) is 2.62. The number of aromatic hydroxyl groups is 1. The van der Waals surface area contributed by atoms with Crippen LogP contribution < -0.4 is 4.90 Å². The summed E-state index contributed by atoms with van der Waals surface area (Å²) in [7, 11) is 0. The van der Waals surface area contributed by atoms with E-state index >= 15 is 0 Å². The fourth-order valence-corrected chi connectivity index (χ4v) is 3.14. The summed E-state index contributed by atoms with van der Waals surface area (Å²) in [5.74, 6) is 0.275. The van der Waals surface area contributed by atoms with Crippen LogP contribution in [0.5, 0.6) is 5.75 Å². The molecule has 6 nitrogen and oxygen atoms in total. The summed E-state index contributed by atoms with van der Waals surface area (Å²) in [5.41, 5.74) is 2.22. The molecule has 1 atom stereocenters. The monoisotopic (exact) mass is 327 g/mol. The molecular formula is C18H21N3O3. The van der Waals surface area contributed by atoms with Crippen molar-refractivity contribution >= 4 is 11.4 Å². The number of benzene rings is 2. The summed E-state index contributed by atoms with van der Waals surface area (Å²) in [6.45, 7) is 5.67. The Balaban J connectivity index is 1.64. The number of phenols is 1. The van der Waals surface area contributed by atoms with Gasteiger partial charge in [0.05, 0.1) is 4.92 Å². The quantitative estimate of drug-likeness (QED) is 0.690. The highest BCUT2D eigenvalue weighted by Crippen LogP contribution is 2.26. The number of nitrogens with zero attached hydrogens (tertiary/aromatic N) is 3. The van der Waals surface area contributed by atoms with E-state index in [1.54, 1.807) is 24.3 Å². The number of anilines is 1. The van der Waals surface area contributed by atoms with Gasteiger partial charge in [0.2, 0.25) is 0 Å². The van der Waals surface area contributed by atoms with Gasteiger partial charge in [0.15, 0.2) is 0 Å². The van der Waals surface area contributed by atoms with E-state index in [4.69, 9.17) is 0 Å². The number of phenolic OH excluding ortho intramolecular Hbond substituents is 1. The number of nitro groups is 1. The van der Waals surface area contributed by atoms with Crippen LogP contribution in [0.4, 0.5) is 11.4 Å². The SMILES string of the molecule is C[C@@H](c1cccc([N+](=O)[O-])c1)N1CCN(c2ccc(O)cc2)CC1. The molecule has 1 saturated heterocycles. The van der Waals surface area contributed by atoms with Crippen LogP contribution in [0.1, 0.15) is 18.5 Å². The molecule has 3 rings (SSSR count). The minimum absolute atomic E-state index is 0.141. The predicted octanol–water partition coefficient (Wildman–Crippen LogP) is 3.18. The van der Waals surface area contributed by atoms with Crippen LogP contribution in [0, 0.1) is 10.1 Å². The number of nitro benzene ring substituents is 1. The number of hydrogen-bond acceptors (Lipinski definition) is 5. The van der Waals surface area contributed by atoms with Crippen molar-refractivity contribution in [3.8, 4) is 5.75 Å². The van der Waals surface area contributed by atoms with Gasteiger partial charge in [0, 0.05) is 50.0 Å². The van der Waals surface area contributed by atoms with Gasteiger partial charge in [0.25, 0.3) is 5.69 Å². The molecule has 0 aromatic heterocycles. The highest BCUT2D eigenvalue weighted by Gasteiger charge is 2.23. The fraction of sp³-hybridized carbons (Fsp3) is 0.333. The standard InChI is InChI=1S/C18H21N3O3/c1-14(15-3-2-4-17(13-15)21(23)24)19-9-11-20(12-10-19)16-5-7-18(22)8-6-16/h2-8,13-14,22H,9-12H2,1H3/t14-/m0/s1. The molecule has 0 spiro atoms. The van der Waals surface area contributed by atoms with E-state index < -0.39 is 0 Å². The Morgan fingerprint density at radius 3 is 2.38 bits per heavy atom. The summed E-state index contributed by atoms with van der Waals surface area (Å²) in [4.78, 5) is 15.2. The van der Waals surface area contributed by atoms with Gasteiger partial charge in [-0.3, -0.25) is 15.0 Å². The lowest BCUT2D eigenvalue weighted by molar-refractivity contribution is -0.384. The van der Waals surface area contributed by atoms with Gasteiger partial charge in [-0.1, -0.05) is 12.1 Å². The number of hydrogen-bond donors (Lipinski definition) is 1. The van der Waals surface area contributed by atoms with Crippen LogP contribution >= 0.6 is 0 Å². The van der Waals surface area contributed by atoms with E-state index in [0.29, 0.717) is 0 Å². The number of rotatable bonds is 4. The predicted molar refractivity (Wildman–Crippen MR) is 93.4 cm³/mol. The van der Waals surface area contributed by atoms with Crippen molar-refractivity contribution in [3.63, 3.8) is 0 Å². The molecule has 1 heterocycles. The minimum Gasteiger partial charge on any atom is -0.508 e. The normalized spacial score (nSPS) is 16.8. The van der Waals surface area contributed by atoms with Gasteiger partial charge >= 0.3 is 0 Å². The zero-order valence-corrected chi connectivity index (χ0v) is 13.6. The average molecular weight is 327 g/mol. The minimum atomic E-state index is -0.348. The smallest absolute Gasteiger partial charge is 0.269 e. The molecule has 0 radical (unpaired) electrons. The molecule has 2 aromatic rings. The first kappa shape index (κ1) is 16.3. The summed E-state index contributed by atoms with van der Waals surface area (Å²) >= 11 is 0. The third kappa shape index (κ3) is 3.49. The molecule has 1 aliphatic rings. The Morgan fingerprint density at radius 1 is 1.08 bits per heavy atom. The molecule has 126 valence electrons. The zero-order valence-electron chi connectivity index (χ0n) is 13.6. The molecule has 0 unspecified atom stereocenters. The van der Waals surface area contributed by atoms with Crippen LogP contribution in [0.15, 0.2) is 48.5 Å². The third-order valence-electron chi connectivity index (χ3n) is 4.64. The molecule has 0 amide bonds. The van der Waals surface area contributed by atoms with Crippen molar-refractivity contribution in [2.75, 3.05) is 31.1 Å². The Hall–Kier alpha value is -2.60. The maximum absolute atomic E-state index is 10.9. The topological polar surface area (TPSA) is 69.9 Å². The van der Waals surface area contributed by atoms with Crippen LogP contribution in [-0.4, -0.2) is 41.1 Å². The second-order valence-electron chi connectivity index (χ2n) is 6.07. The van der Waals surface area contributed by atoms with Crippen LogP contribution in [-0.2, 0) is 0 Å². The lowest BCUT2D eigenvalue weighted by Crippen LogP contribution is -2.47. The molecule has 6 heteroatoms. The second kappa shape index (κ2) is 6.88. The Bertz CT molecular complexity index is 710. The van der Waals surface area contributed by atoms with Crippen molar-refractivity contribution in [1.82, 2.24) is 4.90 Å². The van der Waals surface area contributed by atoms with E-state index in [-0.39, 0.29) is 22.4 Å². The second-order valence-corrected chi connectivity index (χ2v) is 6.07. The van der Waals surface area contributed by atoms with Crippen molar-refractivity contribution in [2.45, 2.75) is 13.0 Å². The van der Waals surface area contributed by atoms with E-state index in [1.165, 1.54) is 6.07 Å².